The molecular formula is C18H15FN6OS. The number of nitrogens with two attached hydrogens (primary N) is 1. The van der Waals surface area contributed by atoms with Crippen molar-refractivity contribution in [2.75, 3.05) is 16.9 Å². The number of nitrogen functional groups attached to an aromatic ring is 1. The predicted molar refractivity (Wildman–Crippen MR) is 101 cm³/mol. The van der Waals surface area contributed by atoms with Crippen molar-refractivity contribution in [3.8, 4) is 17.5 Å². The van der Waals surface area contributed by atoms with E-state index in [0.717, 1.165) is 17.3 Å². The van der Waals surface area contributed by atoms with Crippen LogP contribution in [0, 0.1) is 17.1 Å². The standard InChI is InChI=1S/C18H15FN6OS/c19-14-5-3-13(4-6-14)17-23-24-18(25(17)21)27-11-16(26)22-15-7-1-12(2-8-15)9-10-20/h1-8H,9,11,21H2,(H,22,26). The highest BCUT2D eigenvalue weighted by Crippen LogP contribution is 2.22. The van der Waals surface area contributed by atoms with Gasteiger partial charge in [-0.1, -0.05) is 23.9 Å². The number of nitrogens with one attached hydrogen (secondary N) is 1. The summed E-state index contributed by atoms with van der Waals surface area (Å²) in [5.41, 5.74) is 2.15. The summed E-state index contributed by atoms with van der Waals surface area (Å²) < 4.78 is 14.3. The van der Waals surface area contributed by atoms with Crippen LogP contribution in [-0.2, 0) is 11.2 Å². The molecule has 0 aliphatic carbocycles. The number of benzene rings is 2. The van der Waals surface area contributed by atoms with Crippen molar-refractivity contribution in [2.24, 2.45) is 0 Å². The zero-order valence-corrected chi connectivity index (χ0v) is 14.9. The molecule has 3 N–H and O–H groups in total. The first-order chi connectivity index (χ1) is 13.1. The smallest absolute Gasteiger partial charge is 0.234 e. The van der Waals surface area contributed by atoms with E-state index in [1.54, 1.807) is 36.4 Å². The second-order valence-electron chi connectivity index (χ2n) is 5.55. The summed E-state index contributed by atoms with van der Waals surface area (Å²) in [5.74, 6) is 5.88. The molecule has 7 nitrogen and oxygen atoms in total. The molecule has 0 saturated carbocycles. The SMILES string of the molecule is N#CCc1ccc(NC(=O)CSc2nnc(-c3ccc(F)cc3)n2N)cc1. The van der Waals surface area contributed by atoms with Crippen molar-refractivity contribution in [1.29, 1.82) is 5.26 Å². The molecule has 136 valence electrons. The number of halogens is 1. The van der Waals surface area contributed by atoms with Crippen molar-refractivity contribution in [1.82, 2.24) is 14.9 Å². The molecule has 1 aromatic heterocycles. The highest BCUT2D eigenvalue weighted by atomic mass is 32.2. The van der Waals surface area contributed by atoms with Crippen LogP contribution in [0.15, 0.2) is 53.7 Å². The molecule has 3 aromatic rings. The molecule has 0 aliphatic rings. The van der Waals surface area contributed by atoms with E-state index < -0.39 is 0 Å². The Morgan fingerprint density at radius 1 is 1.19 bits per heavy atom. The van der Waals surface area contributed by atoms with Crippen LogP contribution in [0.3, 0.4) is 0 Å². The monoisotopic (exact) mass is 382 g/mol. The van der Waals surface area contributed by atoms with Gasteiger partial charge in [-0.05, 0) is 42.0 Å². The Bertz CT molecular complexity index is 979. The second-order valence-corrected chi connectivity index (χ2v) is 6.49. The molecule has 0 spiro atoms. The summed E-state index contributed by atoms with van der Waals surface area (Å²) in [6, 6.07) is 14.9. The van der Waals surface area contributed by atoms with E-state index in [0.29, 0.717) is 28.7 Å². The Morgan fingerprint density at radius 2 is 1.89 bits per heavy atom. The number of nitriles is 1. The third kappa shape index (κ3) is 4.62. The fraction of sp³-hybridized carbons (Fsp3) is 0.111. The Morgan fingerprint density at radius 3 is 2.56 bits per heavy atom. The number of amides is 1. The summed E-state index contributed by atoms with van der Waals surface area (Å²) in [7, 11) is 0. The maximum atomic E-state index is 13.0. The largest absolute Gasteiger partial charge is 0.335 e. The van der Waals surface area contributed by atoms with Gasteiger partial charge in [0.15, 0.2) is 5.82 Å². The normalized spacial score (nSPS) is 10.4. The van der Waals surface area contributed by atoms with Crippen molar-refractivity contribution in [3.63, 3.8) is 0 Å². The summed E-state index contributed by atoms with van der Waals surface area (Å²) in [4.78, 5) is 12.1. The van der Waals surface area contributed by atoms with E-state index in [2.05, 4.69) is 21.6 Å². The van der Waals surface area contributed by atoms with Gasteiger partial charge in [-0.3, -0.25) is 4.79 Å². The first-order valence-electron chi connectivity index (χ1n) is 7.92. The average Bonchev–Trinajstić information content (AvgIpc) is 3.03. The highest BCUT2D eigenvalue weighted by Gasteiger charge is 2.14. The highest BCUT2D eigenvalue weighted by molar-refractivity contribution is 7.99. The molecule has 1 amide bonds. The minimum atomic E-state index is -0.353. The predicted octanol–water partition coefficient (Wildman–Crippen LogP) is 2.59. The van der Waals surface area contributed by atoms with Crippen LogP contribution >= 0.6 is 11.8 Å². The van der Waals surface area contributed by atoms with Crippen molar-refractivity contribution < 1.29 is 9.18 Å². The fourth-order valence-electron chi connectivity index (χ4n) is 2.30. The number of rotatable bonds is 6. The molecule has 9 heteroatoms. The molecule has 0 atom stereocenters. The number of hydrogen-bond donors (Lipinski definition) is 2. The molecule has 0 bridgehead atoms. The van der Waals surface area contributed by atoms with Crippen LogP contribution in [0.4, 0.5) is 10.1 Å². The van der Waals surface area contributed by atoms with Crippen molar-refractivity contribution >= 4 is 23.4 Å². The van der Waals surface area contributed by atoms with Gasteiger partial charge in [-0.25, -0.2) is 9.07 Å². The third-order valence-electron chi connectivity index (χ3n) is 3.62. The molecule has 3 rings (SSSR count). The van der Waals surface area contributed by atoms with Crippen LogP contribution in [0.5, 0.6) is 0 Å². The number of thioether (sulfide) groups is 1. The van der Waals surface area contributed by atoms with E-state index in [4.69, 9.17) is 11.1 Å². The molecule has 0 fully saturated rings. The lowest BCUT2D eigenvalue weighted by molar-refractivity contribution is -0.113. The van der Waals surface area contributed by atoms with E-state index >= 15 is 0 Å². The van der Waals surface area contributed by atoms with Crippen molar-refractivity contribution in [3.05, 3.63) is 59.9 Å². The van der Waals surface area contributed by atoms with Crippen LogP contribution < -0.4 is 11.2 Å². The molecule has 0 saturated heterocycles. The van der Waals surface area contributed by atoms with Crippen LogP contribution in [0.25, 0.3) is 11.4 Å². The molecule has 0 aliphatic heterocycles. The van der Waals surface area contributed by atoms with Gasteiger partial charge in [0.05, 0.1) is 18.2 Å². The molecule has 0 unspecified atom stereocenters. The zero-order chi connectivity index (χ0) is 19.2. The second kappa shape index (κ2) is 8.33. The number of aromatic nitrogens is 3. The quantitative estimate of drug-likeness (QED) is 0.501. The first kappa shape index (κ1) is 18.4. The summed E-state index contributed by atoms with van der Waals surface area (Å²) in [5, 5.41) is 19.8. The molecule has 0 radical (unpaired) electrons. The lowest BCUT2D eigenvalue weighted by Crippen LogP contribution is -2.16. The van der Waals surface area contributed by atoms with Gasteiger partial charge in [0.25, 0.3) is 0 Å². The Hall–Kier alpha value is -3.38. The number of carbonyl (C=O) groups excluding carboxylic acids is 1. The first-order valence-corrected chi connectivity index (χ1v) is 8.90. The molecule has 2 aromatic carbocycles. The van der Waals surface area contributed by atoms with E-state index in [1.807, 2.05) is 0 Å². The summed E-state index contributed by atoms with van der Waals surface area (Å²) in [6.07, 6.45) is 0.326. The number of hydrogen-bond acceptors (Lipinski definition) is 6. The van der Waals surface area contributed by atoms with Gasteiger partial charge in [0, 0.05) is 11.3 Å². The molecule has 27 heavy (non-hydrogen) atoms. The number of nitrogens with zero attached hydrogens (tertiary/aromatic N) is 4. The molecular weight excluding hydrogens is 367 g/mol. The lowest BCUT2D eigenvalue weighted by atomic mass is 10.1. The maximum absolute atomic E-state index is 13.0. The Labute approximate surface area is 159 Å². The number of carbonyl (C=O) groups is 1. The Balaban J connectivity index is 1.59. The number of anilines is 1. The van der Waals surface area contributed by atoms with Crippen LogP contribution in [0.2, 0.25) is 0 Å². The maximum Gasteiger partial charge on any atom is 0.234 e. The minimum Gasteiger partial charge on any atom is -0.335 e. The fourth-order valence-corrected chi connectivity index (χ4v) is 2.95. The van der Waals surface area contributed by atoms with Crippen LogP contribution in [0.1, 0.15) is 5.56 Å². The van der Waals surface area contributed by atoms with Crippen molar-refractivity contribution in [2.45, 2.75) is 11.6 Å². The topological polar surface area (TPSA) is 110 Å². The van der Waals surface area contributed by atoms with Crippen LogP contribution in [-0.4, -0.2) is 26.5 Å². The average molecular weight is 382 g/mol. The van der Waals surface area contributed by atoms with Gasteiger partial charge in [-0.2, -0.15) is 5.26 Å². The Kier molecular flexibility index (Phi) is 5.68. The third-order valence-corrected chi connectivity index (χ3v) is 4.56. The zero-order valence-electron chi connectivity index (χ0n) is 14.1. The lowest BCUT2D eigenvalue weighted by Gasteiger charge is -2.06. The van der Waals surface area contributed by atoms with Gasteiger partial charge >= 0.3 is 0 Å². The summed E-state index contributed by atoms with van der Waals surface area (Å²) >= 11 is 1.14. The van der Waals surface area contributed by atoms with E-state index in [-0.39, 0.29) is 17.5 Å². The molecule has 1 heterocycles. The van der Waals surface area contributed by atoms with Gasteiger partial charge in [0.2, 0.25) is 11.1 Å². The van der Waals surface area contributed by atoms with E-state index in [9.17, 15) is 9.18 Å². The van der Waals surface area contributed by atoms with Gasteiger partial charge < -0.3 is 11.2 Å². The van der Waals surface area contributed by atoms with Gasteiger partial charge in [0.1, 0.15) is 5.82 Å². The van der Waals surface area contributed by atoms with Gasteiger partial charge in [-0.15, -0.1) is 10.2 Å². The summed E-state index contributed by atoms with van der Waals surface area (Å²) in [6.45, 7) is 0. The van der Waals surface area contributed by atoms with E-state index in [1.165, 1.54) is 16.8 Å². The minimum absolute atomic E-state index is 0.0959.